The number of ketones is 1. The molecule has 0 fully saturated rings. The van der Waals surface area contributed by atoms with Crippen molar-refractivity contribution in [3.05, 3.63) is 65.5 Å². The van der Waals surface area contributed by atoms with E-state index in [1.54, 1.807) is 31.2 Å². The first-order valence-corrected chi connectivity index (χ1v) is 7.74. The van der Waals surface area contributed by atoms with Crippen LogP contribution in [0.3, 0.4) is 0 Å². The van der Waals surface area contributed by atoms with E-state index < -0.39 is 6.10 Å². The van der Waals surface area contributed by atoms with Gasteiger partial charge in [-0.3, -0.25) is 9.59 Å². The lowest BCUT2D eigenvalue weighted by Crippen LogP contribution is -2.40. The Bertz CT molecular complexity index is 708. The van der Waals surface area contributed by atoms with Crippen LogP contribution in [0.2, 0.25) is 0 Å². The molecule has 2 aromatic carbocycles. The minimum atomic E-state index is -0.633. The van der Waals surface area contributed by atoms with Crippen molar-refractivity contribution in [1.29, 1.82) is 0 Å². The molecule has 5 heteroatoms. The van der Waals surface area contributed by atoms with Gasteiger partial charge in [0, 0.05) is 17.2 Å². The summed E-state index contributed by atoms with van der Waals surface area (Å²) in [5.74, 6) is -0.287. The highest BCUT2D eigenvalue weighted by Gasteiger charge is 2.16. The first-order valence-electron chi connectivity index (χ1n) is 7.74. The number of hydrogen-bond acceptors (Lipinski definition) is 3. The maximum atomic E-state index is 12.9. The number of nitrogens with one attached hydrogen (secondary N) is 1. The molecule has 0 spiro atoms. The van der Waals surface area contributed by atoms with Crippen LogP contribution in [-0.4, -0.2) is 23.8 Å². The second-order valence-corrected chi connectivity index (χ2v) is 5.78. The van der Waals surface area contributed by atoms with Crippen molar-refractivity contribution in [2.24, 2.45) is 0 Å². The highest BCUT2D eigenvalue weighted by Crippen LogP contribution is 2.17. The maximum absolute atomic E-state index is 12.9. The third-order valence-electron chi connectivity index (χ3n) is 3.34. The fourth-order valence-corrected chi connectivity index (χ4v) is 2.11. The van der Waals surface area contributed by atoms with E-state index in [9.17, 15) is 14.0 Å². The van der Waals surface area contributed by atoms with Gasteiger partial charge in [-0.15, -0.1) is 0 Å². The Morgan fingerprint density at radius 2 is 1.42 bits per heavy atom. The number of hydrogen-bond donors (Lipinski definition) is 1. The molecule has 0 radical (unpaired) electrons. The Labute approximate surface area is 140 Å². The average Bonchev–Trinajstić information content (AvgIpc) is 2.55. The summed E-state index contributed by atoms with van der Waals surface area (Å²) in [5, 5.41) is 2.77. The molecule has 0 aliphatic carbocycles. The summed E-state index contributed by atoms with van der Waals surface area (Å²) in [6.45, 7) is 5.41. The summed E-state index contributed by atoms with van der Waals surface area (Å²) in [5.41, 5.74) is 0.878. The van der Waals surface area contributed by atoms with Gasteiger partial charge >= 0.3 is 0 Å². The van der Waals surface area contributed by atoms with Crippen LogP contribution in [0.5, 0.6) is 5.75 Å². The maximum Gasteiger partial charge on any atom is 0.260 e. The number of carbonyl (C=O) groups is 2. The van der Waals surface area contributed by atoms with Gasteiger partial charge in [-0.25, -0.2) is 4.39 Å². The van der Waals surface area contributed by atoms with Crippen molar-refractivity contribution in [1.82, 2.24) is 5.32 Å². The van der Waals surface area contributed by atoms with Crippen LogP contribution in [0, 0.1) is 5.82 Å². The van der Waals surface area contributed by atoms with Crippen LogP contribution in [-0.2, 0) is 4.79 Å². The van der Waals surface area contributed by atoms with E-state index in [1.807, 2.05) is 13.8 Å². The van der Waals surface area contributed by atoms with E-state index in [-0.39, 0.29) is 23.5 Å². The Balaban J connectivity index is 2.03. The highest BCUT2D eigenvalue weighted by atomic mass is 19.1. The first-order chi connectivity index (χ1) is 11.4. The van der Waals surface area contributed by atoms with Gasteiger partial charge in [0.2, 0.25) is 0 Å². The summed E-state index contributed by atoms with van der Waals surface area (Å²) < 4.78 is 18.5. The molecule has 0 heterocycles. The number of carbonyl (C=O) groups excluding carboxylic acids is 2. The lowest BCUT2D eigenvalue weighted by molar-refractivity contribution is -0.127. The number of rotatable bonds is 6. The van der Waals surface area contributed by atoms with E-state index in [1.165, 1.54) is 24.3 Å². The standard InChI is InChI=1S/C19H20FNO3/c1-12(2)21-19(23)13(3)24-17-10-6-15(7-11-17)18(22)14-4-8-16(20)9-5-14/h4-13H,1-3H3,(H,21,23). The lowest BCUT2D eigenvalue weighted by Gasteiger charge is -2.16. The minimum Gasteiger partial charge on any atom is -0.481 e. The van der Waals surface area contributed by atoms with E-state index in [0.29, 0.717) is 16.9 Å². The lowest BCUT2D eigenvalue weighted by atomic mass is 10.0. The fraction of sp³-hybridized carbons (Fsp3) is 0.263. The second-order valence-electron chi connectivity index (χ2n) is 5.78. The molecular weight excluding hydrogens is 309 g/mol. The van der Waals surface area contributed by atoms with Crippen LogP contribution in [0.15, 0.2) is 48.5 Å². The van der Waals surface area contributed by atoms with Crippen LogP contribution < -0.4 is 10.1 Å². The normalized spacial score (nSPS) is 11.9. The first kappa shape index (κ1) is 17.7. The topological polar surface area (TPSA) is 55.4 Å². The number of ether oxygens (including phenoxy) is 1. The van der Waals surface area contributed by atoms with Gasteiger partial charge in [0.15, 0.2) is 11.9 Å². The molecule has 0 aliphatic rings. The quantitative estimate of drug-likeness (QED) is 0.827. The van der Waals surface area contributed by atoms with Crippen LogP contribution in [0.1, 0.15) is 36.7 Å². The molecule has 4 nitrogen and oxygen atoms in total. The van der Waals surface area contributed by atoms with Gasteiger partial charge in [-0.05, 0) is 69.3 Å². The number of amides is 1. The predicted molar refractivity (Wildman–Crippen MR) is 89.6 cm³/mol. The highest BCUT2D eigenvalue weighted by molar-refractivity contribution is 6.09. The van der Waals surface area contributed by atoms with Crippen molar-refractivity contribution in [2.45, 2.75) is 32.9 Å². The Morgan fingerprint density at radius 1 is 0.917 bits per heavy atom. The zero-order chi connectivity index (χ0) is 17.7. The second kappa shape index (κ2) is 7.73. The van der Waals surface area contributed by atoms with Crippen molar-refractivity contribution in [3.8, 4) is 5.75 Å². The molecule has 1 N–H and O–H groups in total. The largest absolute Gasteiger partial charge is 0.481 e. The van der Waals surface area contributed by atoms with Crippen molar-refractivity contribution in [3.63, 3.8) is 0 Å². The fourth-order valence-electron chi connectivity index (χ4n) is 2.11. The molecule has 1 amide bonds. The zero-order valence-corrected chi connectivity index (χ0v) is 13.9. The molecule has 0 aromatic heterocycles. The number of benzene rings is 2. The van der Waals surface area contributed by atoms with Crippen molar-refractivity contribution >= 4 is 11.7 Å². The summed E-state index contributed by atoms with van der Waals surface area (Å²) in [4.78, 5) is 24.1. The third kappa shape index (κ3) is 4.65. The molecule has 0 saturated carbocycles. The predicted octanol–water partition coefficient (Wildman–Crippen LogP) is 3.35. The molecule has 0 bridgehead atoms. The molecule has 24 heavy (non-hydrogen) atoms. The van der Waals surface area contributed by atoms with E-state index >= 15 is 0 Å². The smallest absolute Gasteiger partial charge is 0.260 e. The summed E-state index contributed by atoms with van der Waals surface area (Å²) in [7, 11) is 0. The minimum absolute atomic E-state index is 0.0410. The van der Waals surface area contributed by atoms with E-state index in [2.05, 4.69) is 5.32 Å². The Hall–Kier alpha value is -2.69. The number of halogens is 1. The molecule has 2 aromatic rings. The summed E-state index contributed by atoms with van der Waals surface area (Å²) in [6, 6.07) is 11.9. The molecule has 126 valence electrons. The molecule has 0 saturated heterocycles. The SMILES string of the molecule is CC(C)NC(=O)C(C)Oc1ccc(C(=O)c2ccc(F)cc2)cc1. The van der Waals surface area contributed by atoms with Crippen LogP contribution in [0.4, 0.5) is 4.39 Å². The molecule has 2 rings (SSSR count). The van der Waals surface area contributed by atoms with Gasteiger partial charge in [-0.1, -0.05) is 0 Å². The monoisotopic (exact) mass is 329 g/mol. The Kier molecular flexibility index (Phi) is 5.68. The summed E-state index contributed by atoms with van der Waals surface area (Å²) in [6.07, 6.45) is -0.633. The molecule has 1 atom stereocenters. The van der Waals surface area contributed by atoms with E-state index in [0.717, 1.165) is 0 Å². The zero-order valence-electron chi connectivity index (χ0n) is 13.9. The van der Waals surface area contributed by atoms with Gasteiger partial charge in [0.25, 0.3) is 5.91 Å². The summed E-state index contributed by atoms with van der Waals surface area (Å²) >= 11 is 0. The third-order valence-corrected chi connectivity index (χ3v) is 3.34. The van der Waals surface area contributed by atoms with Crippen molar-refractivity contribution < 1.29 is 18.7 Å². The van der Waals surface area contributed by atoms with Crippen LogP contribution >= 0.6 is 0 Å². The van der Waals surface area contributed by atoms with Gasteiger partial charge in [0.1, 0.15) is 11.6 Å². The molecule has 1 unspecified atom stereocenters. The molecular formula is C19H20FNO3. The van der Waals surface area contributed by atoms with Crippen LogP contribution in [0.25, 0.3) is 0 Å². The van der Waals surface area contributed by atoms with Crippen molar-refractivity contribution in [2.75, 3.05) is 0 Å². The van der Waals surface area contributed by atoms with Gasteiger partial charge < -0.3 is 10.1 Å². The Morgan fingerprint density at radius 3 is 1.92 bits per heavy atom. The van der Waals surface area contributed by atoms with E-state index in [4.69, 9.17) is 4.74 Å². The molecule has 0 aliphatic heterocycles. The van der Waals surface area contributed by atoms with Gasteiger partial charge in [0.05, 0.1) is 0 Å². The van der Waals surface area contributed by atoms with Gasteiger partial charge in [-0.2, -0.15) is 0 Å². The average molecular weight is 329 g/mol.